The van der Waals surface area contributed by atoms with Gasteiger partial charge in [-0.3, -0.25) is 0 Å². The third-order valence-electron chi connectivity index (χ3n) is 4.68. The third-order valence-corrected chi connectivity index (χ3v) is 5.73. The van der Waals surface area contributed by atoms with Gasteiger partial charge in [0.2, 0.25) is 0 Å². The summed E-state index contributed by atoms with van der Waals surface area (Å²) in [5.41, 5.74) is 1.17. The van der Waals surface area contributed by atoms with Crippen LogP contribution < -0.4 is 5.32 Å². The Bertz CT molecular complexity index is 542. The standard InChI is InChI=1S/C18H26N2S/c1-3-10-19-15-9-8-13(2)11-14(15)12-18-20-16-6-4-5-7-17(16)21-18/h4-7,13-15,19H,3,8-12H2,1-2H3. The molecule has 1 aromatic heterocycles. The molecule has 21 heavy (non-hydrogen) atoms. The van der Waals surface area contributed by atoms with E-state index >= 15 is 0 Å². The van der Waals surface area contributed by atoms with Gasteiger partial charge >= 0.3 is 0 Å². The Kier molecular flexibility index (Phi) is 4.91. The summed E-state index contributed by atoms with van der Waals surface area (Å²) in [7, 11) is 0. The van der Waals surface area contributed by atoms with Gasteiger partial charge in [-0.2, -0.15) is 0 Å². The van der Waals surface area contributed by atoms with Crippen LogP contribution >= 0.6 is 11.3 Å². The van der Waals surface area contributed by atoms with Crippen LogP contribution in [-0.4, -0.2) is 17.6 Å². The molecule has 1 N–H and O–H groups in total. The van der Waals surface area contributed by atoms with Crippen molar-refractivity contribution in [2.45, 2.75) is 52.0 Å². The second kappa shape index (κ2) is 6.89. The second-order valence-corrected chi connectivity index (χ2v) is 7.63. The van der Waals surface area contributed by atoms with Gasteiger partial charge in [0.05, 0.1) is 15.2 Å². The maximum Gasteiger partial charge on any atom is 0.0941 e. The van der Waals surface area contributed by atoms with E-state index in [4.69, 9.17) is 4.98 Å². The van der Waals surface area contributed by atoms with Crippen LogP contribution in [0.1, 0.15) is 44.5 Å². The van der Waals surface area contributed by atoms with Gasteiger partial charge in [0.1, 0.15) is 0 Å². The third kappa shape index (κ3) is 3.64. The SMILES string of the molecule is CCCNC1CCC(C)CC1Cc1nc2ccccc2s1. The summed E-state index contributed by atoms with van der Waals surface area (Å²) in [6.45, 7) is 5.80. The van der Waals surface area contributed by atoms with Gasteiger partial charge in [0.15, 0.2) is 0 Å². The summed E-state index contributed by atoms with van der Waals surface area (Å²) in [5.74, 6) is 1.62. The Hall–Kier alpha value is -0.930. The molecule has 3 unspecified atom stereocenters. The van der Waals surface area contributed by atoms with Crippen molar-refractivity contribution < 1.29 is 0 Å². The predicted molar refractivity (Wildman–Crippen MR) is 91.9 cm³/mol. The lowest BCUT2D eigenvalue weighted by molar-refractivity contribution is 0.212. The fourth-order valence-corrected chi connectivity index (χ4v) is 4.61. The van der Waals surface area contributed by atoms with Crippen molar-refractivity contribution in [3.05, 3.63) is 29.3 Å². The molecule has 0 aliphatic heterocycles. The fraction of sp³-hybridized carbons (Fsp3) is 0.611. The quantitative estimate of drug-likeness (QED) is 0.870. The molecule has 2 nitrogen and oxygen atoms in total. The molecular weight excluding hydrogens is 276 g/mol. The summed E-state index contributed by atoms with van der Waals surface area (Å²) in [4.78, 5) is 4.84. The second-order valence-electron chi connectivity index (χ2n) is 6.52. The van der Waals surface area contributed by atoms with E-state index in [9.17, 15) is 0 Å². The first-order chi connectivity index (χ1) is 10.3. The fourth-order valence-electron chi connectivity index (χ4n) is 3.55. The molecule has 0 amide bonds. The van der Waals surface area contributed by atoms with Gasteiger partial charge in [-0.25, -0.2) is 4.98 Å². The summed E-state index contributed by atoms with van der Waals surface area (Å²) >= 11 is 1.88. The van der Waals surface area contributed by atoms with E-state index in [0.29, 0.717) is 6.04 Å². The van der Waals surface area contributed by atoms with Gasteiger partial charge < -0.3 is 5.32 Å². The van der Waals surface area contributed by atoms with Gasteiger partial charge in [-0.05, 0) is 56.2 Å². The maximum absolute atomic E-state index is 4.84. The molecule has 1 aromatic carbocycles. The van der Waals surface area contributed by atoms with E-state index < -0.39 is 0 Å². The minimum atomic E-state index is 0.688. The lowest BCUT2D eigenvalue weighted by Crippen LogP contribution is -2.41. The molecule has 3 atom stereocenters. The van der Waals surface area contributed by atoms with E-state index in [-0.39, 0.29) is 0 Å². The van der Waals surface area contributed by atoms with Crippen molar-refractivity contribution in [1.29, 1.82) is 0 Å². The molecule has 0 spiro atoms. The zero-order chi connectivity index (χ0) is 14.7. The monoisotopic (exact) mass is 302 g/mol. The van der Waals surface area contributed by atoms with Crippen molar-refractivity contribution in [3.8, 4) is 0 Å². The van der Waals surface area contributed by atoms with Crippen LogP contribution in [0.25, 0.3) is 10.2 Å². The highest BCUT2D eigenvalue weighted by Crippen LogP contribution is 2.33. The zero-order valence-corrected chi connectivity index (χ0v) is 14.0. The van der Waals surface area contributed by atoms with Crippen LogP contribution in [0.4, 0.5) is 0 Å². The number of benzene rings is 1. The van der Waals surface area contributed by atoms with Gasteiger partial charge in [-0.1, -0.05) is 26.0 Å². The lowest BCUT2D eigenvalue weighted by Gasteiger charge is -2.35. The van der Waals surface area contributed by atoms with Crippen LogP contribution in [0, 0.1) is 11.8 Å². The molecule has 1 saturated carbocycles. The maximum atomic E-state index is 4.84. The molecule has 3 heteroatoms. The summed E-state index contributed by atoms with van der Waals surface area (Å²) in [6.07, 6.45) is 6.41. The Morgan fingerprint density at radius 2 is 2.14 bits per heavy atom. The smallest absolute Gasteiger partial charge is 0.0941 e. The number of fused-ring (bicyclic) bond motifs is 1. The van der Waals surface area contributed by atoms with Crippen LogP contribution in [0.15, 0.2) is 24.3 Å². The minimum Gasteiger partial charge on any atom is -0.314 e. The topological polar surface area (TPSA) is 24.9 Å². The number of para-hydroxylation sites is 1. The Labute approximate surface area is 132 Å². The van der Waals surface area contributed by atoms with E-state index in [1.165, 1.54) is 40.9 Å². The molecule has 3 rings (SSSR count). The molecule has 0 saturated heterocycles. The van der Waals surface area contributed by atoms with Crippen molar-refractivity contribution in [1.82, 2.24) is 10.3 Å². The Balaban J connectivity index is 1.73. The van der Waals surface area contributed by atoms with Crippen molar-refractivity contribution in [2.24, 2.45) is 11.8 Å². The van der Waals surface area contributed by atoms with Crippen LogP contribution in [-0.2, 0) is 6.42 Å². The summed E-state index contributed by atoms with van der Waals surface area (Å²) in [6, 6.07) is 9.20. The average Bonchev–Trinajstić information content (AvgIpc) is 2.88. The van der Waals surface area contributed by atoms with Crippen molar-refractivity contribution >= 4 is 21.6 Å². The Morgan fingerprint density at radius 1 is 1.29 bits per heavy atom. The Morgan fingerprint density at radius 3 is 2.95 bits per heavy atom. The summed E-state index contributed by atoms with van der Waals surface area (Å²) in [5, 5.41) is 5.09. The predicted octanol–water partition coefficient (Wildman–Crippen LogP) is 4.64. The first-order valence-electron chi connectivity index (χ1n) is 8.34. The van der Waals surface area contributed by atoms with Gasteiger partial charge in [0, 0.05) is 12.5 Å². The van der Waals surface area contributed by atoms with Gasteiger partial charge in [0.25, 0.3) is 0 Å². The number of aromatic nitrogens is 1. The van der Waals surface area contributed by atoms with E-state index in [2.05, 4.69) is 43.4 Å². The lowest BCUT2D eigenvalue weighted by atomic mass is 9.77. The number of thiazole rings is 1. The van der Waals surface area contributed by atoms with E-state index in [1.807, 2.05) is 11.3 Å². The van der Waals surface area contributed by atoms with Crippen LogP contribution in [0.5, 0.6) is 0 Å². The van der Waals surface area contributed by atoms with Gasteiger partial charge in [-0.15, -0.1) is 11.3 Å². The first-order valence-corrected chi connectivity index (χ1v) is 9.15. The molecule has 1 aliphatic rings. The van der Waals surface area contributed by atoms with Crippen LogP contribution in [0.2, 0.25) is 0 Å². The average molecular weight is 302 g/mol. The molecule has 1 fully saturated rings. The van der Waals surface area contributed by atoms with Crippen LogP contribution in [0.3, 0.4) is 0 Å². The zero-order valence-electron chi connectivity index (χ0n) is 13.1. The number of nitrogens with one attached hydrogen (secondary N) is 1. The molecular formula is C18H26N2S. The highest BCUT2D eigenvalue weighted by molar-refractivity contribution is 7.18. The number of rotatable bonds is 5. The highest BCUT2D eigenvalue weighted by Gasteiger charge is 2.29. The molecule has 2 aromatic rings. The highest BCUT2D eigenvalue weighted by atomic mass is 32.1. The summed E-state index contributed by atoms with van der Waals surface area (Å²) < 4.78 is 1.33. The minimum absolute atomic E-state index is 0.688. The van der Waals surface area contributed by atoms with E-state index in [0.717, 1.165) is 24.8 Å². The van der Waals surface area contributed by atoms with Crippen molar-refractivity contribution in [2.75, 3.05) is 6.54 Å². The molecule has 114 valence electrons. The number of hydrogen-bond donors (Lipinski definition) is 1. The molecule has 1 heterocycles. The van der Waals surface area contributed by atoms with Crippen molar-refractivity contribution in [3.63, 3.8) is 0 Å². The normalized spacial score (nSPS) is 26.3. The largest absolute Gasteiger partial charge is 0.314 e. The molecule has 0 radical (unpaired) electrons. The number of hydrogen-bond acceptors (Lipinski definition) is 3. The number of nitrogens with zero attached hydrogens (tertiary/aromatic N) is 1. The van der Waals surface area contributed by atoms with E-state index in [1.54, 1.807) is 0 Å². The molecule has 0 bridgehead atoms. The first kappa shape index (κ1) is 15.0. The molecule has 1 aliphatic carbocycles.